The lowest BCUT2D eigenvalue weighted by Crippen LogP contribution is -2.52. The Morgan fingerprint density at radius 1 is 1.19 bits per heavy atom. The molecule has 0 N–H and O–H groups in total. The van der Waals surface area contributed by atoms with Crippen molar-refractivity contribution in [3.63, 3.8) is 0 Å². The van der Waals surface area contributed by atoms with E-state index in [1.54, 1.807) is 13.8 Å². The highest BCUT2D eigenvalue weighted by atomic mass is 32.2. The minimum atomic E-state index is -3.76. The number of aryl methyl sites for hydroxylation is 2. The molecule has 2 saturated heterocycles. The number of nitrogens with zero attached hydrogens (tertiary/aromatic N) is 3. The molecule has 1 atom stereocenters. The van der Waals surface area contributed by atoms with Crippen molar-refractivity contribution in [3.8, 4) is 0 Å². The van der Waals surface area contributed by atoms with Gasteiger partial charge in [-0.3, -0.25) is 4.90 Å². The van der Waals surface area contributed by atoms with Crippen LogP contribution in [0.25, 0.3) is 0 Å². The smallest absolute Gasteiger partial charge is 0.410 e. The van der Waals surface area contributed by atoms with Crippen LogP contribution in [0.5, 0.6) is 0 Å². The van der Waals surface area contributed by atoms with Gasteiger partial charge >= 0.3 is 12.1 Å². The molecule has 4 rings (SSSR count). The third-order valence-electron chi connectivity index (χ3n) is 5.79. The second kappa shape index (κ2) is 8.91. The van der Waals surface area contributed by atoms with E-state index in [1.165, 1.54) is 9.21 Å². The first-order valence-electron chi connectivity index (χ1n) is 10.4. The number of hydrogen-bond acceptors (Lipinski definition) is 8. The number of sulfonamides is 1. The van der Waals surface area contributed by atoms with E-state index in [-0.39, 0.29) is 43.0 Å². The molecule has 11 heteroatoms. The van der Waals surface area contributed by atoms with Crippen molar-refractivity contribution < 1.29 is 32.0 Å². The van der Waals surface area contributed by atoms with Crippen LogP contribution in [-0.2, 0) is 30.9 Å². The number of benzene rings is 1. The summed E-state index contributed by atoms with van der Waals surface area (Å²) in [5, 5.41) is 3.73. The summed E-state index contributed by atoms with van der Waals surface area (Å²) in [7, 11) is -3.76. The number of amides is 1. The van der Waals surface area contributed by atoms with Gasteiger partial charge in [0.05, 0.1) is 0 Å². The Morgan fingerprint density at radius 2 is 1.88 bits per heavy atom. The first-order valence-corrected chi connectivity index (χ1v) is 11.8. The van der Waals surface area contributed by atoms with Gasteiger partial charge in [0.1, 0.15) is 23.8 Å². The monoisotopic (exact) mass is 463 g/mol. The van der Waals surface area contributed by atoms with Crippen molar-refractivity contribution in [2.24, 2.45) is 0 Å². The Balaban J connectivity index is 1.40. The Bertz CT molecular complexity index is 1070. The maximum absolute atomic E-state index is 13.0. The summed E-state index contributed by atoms with van der Waals surface area (Å²) in [5.41, 5.74) is 1.16. The third kappa shape index (κ3) is 4.22. The van der Waals surface area contributed by atoms with Gasteiger partial charge in [0.15, 0.2) is 11.8 Å². The number of hydrogen-bond donors (Lipinski definition) is 0. The predicted octanol–water partition coefficient (Wildman–Crippen LogP) is 2.01. The summed E-state index contributed by atoms with van der Waals surface area (Å²) in [6.45, 7) is 3.57. The van der Waals surface area contributed by atoms with Crippen molar-refractivity contribution in [1.29, 1.82) is 0 Å². The van der Waals surface area contributed by atoms with E-state index in [2.05, 4.69) is 5.16 Å². The molecule has 32 heavy (non-hydrogen) atoms. The number of piperidine rings is 1. The quantitative estimate of drug-likeness (QED) is 0.597. The van der Waals surface area contributed by atoms with E-state index in [9.17, 15) is 18.0 Å². The van der Waals surface area contributed by atoms with Gasteiger partial charge < -0.3 is 14.0 Å². The Labute approximate surface area is 186 Å². The fraction of sp³-hybridized carbons (Fsp3) is 0.476. The van der Waals surface area contributed by atoms with Gasteiger partial charge in [-0.1, -0.05) is 35.5 Å². The van der Waals surface area contributed by atoms with Crippen molar-refractivity contribution in [2.75, 3.05) is 19.7 Å². The summed E-state index contributed by atoms with van der Waals surface area (Å²) in [4.78, 5) is 26.5. The van der Waals surface area contributed by atoms with E-state index in [4.69, 9.17) is 14.0 Å². The normalized spacial score (nSPS) is 20.4. The molecule has 172 valence electrons. The lowest BCUT2D eigenvalue weighted by molar-refractivity contribution is -0.150. The lowest BCUT2D eigenvalue weighted by Gasteiger charge is -2.36. The minimum absolute atomic E-state index is 0.0793. The zero-order chi connectivity index (χ0) is 22.9. The third-order valence-corrected chi connectivity index (χ3v) is 7.93. The molecule has 10 nitrogen and oxygen atoms in total. The molecule has 1 aromatic carbocycles. The molecule has 2 aliphatic rings. The van der Waals surface area contributed by atoms with E-state index in [1.807, 2.05) is 30.3 Å². The number of aromatic nitrogens is 1. The minimum Gasteiger partial charge on any atom is -0.459 e. The fourth-order valence-corrected chi connectivity index (χ4v) is 5.94. The van der Waals surface area contributed by atoms with Crippen LogP contribution >= 0.6 is 0 Å². The van der Waals surface area contributed by atoms with Gasteiger partial charge in [0.25, 0.3) is 0 Å². The Morgan fingerprint density at radius 3 is 2.50 bits per heavy atom. The summed E-state index contributed by atoms with van der Waals surface area (Å²) >= 11 is 0. The summed E-state index contributed by atoms with van der Waals surface area (Å²) < 4.78 is 42.9. The van der Waals surface area contributed by atoms with Gasteiger partial charge in [-0.25, -0.2) is 18.0 Å². The van der Waals surface area contributed by atoms with Gasteiger partial charge in [-0.15, -0.1) is 0 Å². The van der Waals surface area contributed by atoms with Gasteiger partial charge in [0.2, 0.25) is 10.0 Å². The van der Waals surface area contributed by atoms with Gasteiger partial charge in [-0.2, -0.15) is 4.31 Å². The number of esters is 1. The number of carbonyl (C=O) groups is 2. The zero-order valence-corrected chi connectivity index (χ0v) is 18.7. The summed E-state index contributed by atoms with van der Waals surface area (Å²) in [6.07, 6.45) is 0.166. The largest absolute Gasteiger partial charge is 0.459 e. The van der Waals surface area contributed by atoms with E-state index in [0.29, 0.717) is 18.5 Å². The van der Waals surface area contributed by atoms with E-state index < -0.39 is 28.1 Å². The summed E-state index contributed by atoms with van der Waals surface area (Å²) in [6, 6.07) is 8.09. The number of ether oxygens (including phenoxy) is 2. The molecule has 0 radical (unpaired) electrons. The first-order chi connectivity index (χ1) is 15.3. The first kappa shape index (κ1) is 22.3. The average Bonchev–Trinajstić information content (AvgIpc) is 3.34. The van der Waals surface area contributed by atoms with Crippen molar-refractivity contribution in [2.45, 2.75) is 50.3 Å². The highest BCUT2D eigenvalue weighted by Gasteiger charge is 2.45. The molecule has 0 saturated carbocycles. The molecule has 2 aromatic rings. The molecule has 1 amide bonds. The van der Waals surface area contributed by atoms with Crippen LogP contribution in [0.1, 0.15) is 29.9 Å². The SMILES string of the molecule is Cc1noc(C)c1S(=O)(=O)N1CCC(N2C(=O)OCC2C(=O)OCc2ccccc2)CC1. The molecule has 0 bridgehead atoms. The molecule has 1 unspecified atom stereocenters. The van der Waals surface area contributed by atoms with Crippen LogP contribution in [0, 0.1) is 13.8 Å². The number of rotatable bonds is 6. The van der Waals surface area contributed by atoms with Crippen LogP contribution in [0.15, 0.2) is 39.8 Å². The van der Waals surface area contributed by atoms with Crippen LogP contribution in [0.4, 0.5) is 4.79 Å². The molecule has 2 fully saturated rings. The maximum atomic E-state index is 13.0. The van der Waals surface area contributed by atoms with E-state index >= 15 is 0 Å². The molecule has 0 spiro atoms. The fourth-order valence-electron chi connectivity index (χ4n) is 4.18. The Hall–Kier alpha value is -2.92. The molecule has 0 aliphatic carbocycles. The second-order valence-corrected chi connectivity index (χ2v) is 9.76. The van der Waals surface area contributed by atoms with Gasteiger partial charge in [-0.05, 0) is 32.3 Å². The van der Waals surface area contributed by atoms with Crippen molar-refractivity contribution >= 4 is 22.1 Å². The highest BCUT2D eigenvalue weighted by molar-refractivity contribution is 7.89. The molecular formula is C21H25N3O7S. The topological polar surface area (TPSA) is 119 Å². The standard InChI is InChI=1S/C21H25N3O7S/c1-14-19(15(2)31-22-14)32(27,28)23-10-8-17(9-11-23)24-18(13-30-21(24)26)20(25)29-12-16-6-4-3-5-7-16/h3-7,17-18H,8-13H2,1-2H3. The van der Waals surface area contributed by atoms with Crippen molar-refractivity contribution in [3.05, 3.63) is 47.3 Å². The molecule has 2 aliphatic heterocycles. The molecule has 1 aromatic heterocycles. The van der Waals surface area contributed by atoms with E-state index in [0.717, 1.165) is 5.56 Å². The van der Waals surface area contributed by atoms with Gasteiger partial charge in [0, 0.05) is 19.1 Å². The summed E-state index contributed by atoms with van der Waals surface area (Å²) in [5.74, 6) is -0.292. The maximum Gasteiger partial charge on any atom is 0.410 e. The average molecular weight is 464 g/mol. The van der Waals surface area contributed by atoms with Crippen LogP contribution in [-0.4, -0.2) is 66.6 Å². The predicted molar refractivity (Wildman–Crippen MR) is 111 cm³/mol. The highest BCUT2D eigenvalue weighted by Crippen LogP contribution is 2.29. The Kier molecular flexibility index (Phi) is 6.20. The van der Waals surface area contributed by atoms with Crippen LogP contribution < -0.4 is 0 Å². The lowest BCUT2D eigenvalue weighted by atomic mass is 10.0. The molecular weight excluding hydrogens is 438 g/mol. The molecule has 3 heterocycles. The second-order valence-electron chi connectivity index (χ2n) is 7.88. The zero-order valence-electron chi connectivity index (χ0n) is 17.9. The van der Waals surface area contributed by atoms with Crippen LogP contribution in [0.2, 0.25) is 0 Å². The van der Waals surface area contributed by atoms with Crippen molar-refractivity contribution in [1.82, 2.24) is 14.4 Å². The van der Waals surface area contributed by atoms with Crippen LogP contribution in [0.3, 0.4) is 0 Å². The number of cyclic esters (lactones) is 1. The number of carbonyl (C=O) groups excluding carboxylic acids is 2.